The van der Waals surface area contributed by atoms with Gasteiger partial charge in [-0.1, -0.05) is 25.7 Å². The molecular weight excluding hydrogens is 236 g/mol. The lowest BCUT2D eigenvalue weighted by Crippen LogP contribution is -2.40. The van der Waals surface area contributed by atoms with Crippen molar-refractivity contribution >= 4 is 5.91 Å². The number of amides is 1. The van der Waals surface area contributed by atoms with Crippen molar-refractivity contribution in [3.63, 3.8) is 0 Å². The first-order valence-electron chi connectivity index (χ1n) is 7.22. The Kier molecular flexibility index (Phi) is 4.57. The SMILES string of the molecule is O=C(CCC1CCCC1)NC1CCC(F)(F)CC1. The summed E-state index contributed by atoms with van der Waals surface area (Å²) in [6.45, 7) is 0. The molecule has 0 aromatic carbocycles. The molecule has 1 N–H and O–H groups in total. The lowest BCUT2D eigenvalue weighted by atomic mass is 9.92. The maximum Gasteiger partial charge on any atom is 0.248 e. The Morgan fingerprint density at radius 1 is 1.11 bits per heavy atom. The molecule has 0 unspecified atom stereocenters. The minimum Gasteiger partial charge on any atom is -0.353 e. The zero-order valence-corrected chi connectivity index (χ0v) is 10.9. The first kappa shape index (κ1) is 13.8. The van der Waals surface area contributed by atoms with Crippen LogP contribution in [-0.2, 0) is 4.79 Å². The van der Waals surface area contributed by atoms with Gasteiger partial charge < -0.3 is 5.32 Å². The molecule has 2 aliphatic rings. The van der Waals surface area contributed by atoms with E-state index in [0.29, 0.717) is 25.2 Å². The van der Waals surface area contributed by atoms with Crippen LogP contribution in [0.3, 0.4) is 0 Å². The van der Waals surface area contributed by atoms with E-state index in [4.69, 9.17) is 0 Å². The van der Waals surface area contributed by atoms with Crippen LogP contribution in [-0.4, -0.2) is 17.9 Å². The van der Waals surface area contributed by atoms with Gasteiger partial charge in [0.05, 0.1) is 0 Å². The minimum atomic E-state index is -2.51. The topological polar surface area (TPSA) is 29.1 Å². The van der Waals surface area contributed by atoms with Crippen LogP contribution in [0.15, 0.2) is 0 Å². The van der Waals surface area contributed by atoms with E-state index in [0.717, 1.165) is 6.42 Å². The second-order valence-electron chi connectivity index (χ2n) is 5.89. The quantitative estimate of drug-likeness (QED) is 0.820. The van der Waals surface area contributed by atoms with Crippen LogP contribution in [0.2, 0.25) is 0 Å². The summed E-state index contributed by atoms with van der Waals surface area (Å²) in [6, 6.07) is -0.0271. The van der Waals surface area contributed by atoms with Gasteiger partial charge in [-0.15, -0.1) is 0 Å². The van der Waals surface area contributed by atoms with Gasteiger partial charge in [0, 0.05) is 25.3 Å². The van der Waals surface area contributed by atoms with E-state index in [9.17, 15) is 13.6 Å². The Bertz CT molecular complexity index is 278. The number of alkyl halides is 2. The molecule has 0 saturated heterocycles. The Morgan fingerprint density at radius 2 is 1.72 bits per heavy atom. The van der Waals surface area contributed by atoms with Gasteiger partial charge in [0.15, 0.2) is 0 Å². The van der Waals surface area contributed by atoms with E-state index in [2.05, 4.69) is 5.32 Å². The molecule has 18 heavy (non-hydrogen) atoms. The molecule has 0 aromatic rings. The molecule has 0 spiro atoms. The normalized spacial score (nSPS) is 25.2. The van der Waals surface area contributed by atoms with E-state index in [-0.39, 0.29) is 24.8 Å². The van der Waals surface area contributed by atoms with Gasteiger partial charge >= 0.3 is 0 Å². The van der Waals surface area contributed by atoms with Gasteiger partial charge in [0.25, 0.3) is 0 Å². The van der Waals surface area contributed by atoms with Crippen LogP contribution in [0.4, 0.5) is 8.78 Å². The van der Waals surface area contributed by atoms with E-state index in [1.807, 2.05) is 0 Å². The summed E-state index contributed by atoms with van der Waals surface area (Å²) in [6.07, 6.45) is 7.30. The average molecular weight is 259 g/mol. The summed E-state index contributed by atoms with van der Waals surface area (Å²) in [5.74, 6) is -1.74. The summed E-state index contributed by atoms with van der Waals surface area (Å²) in [4.78, 5) is 11.7. The fourth-order valence-corrected chi connectivity index (χ4v) is 3.12. The van der Waals surface area contributed by atoms with Crippen molar-refractivity contribution in [3.8, 4) is 0 Å². The second kappa shape index (κ2) is 5.98. The van der Waals surface area contributed by atoms with Gasteiger partial charge in [-0.25, -0.2) is 8.78 Å². The third kappa shape index (κ3) is 4.21. The van der Waals surface area contributed by atoms with Gasteiger partial charge in [-0.3, -0.25) is 4.79 Å². The molecule has 2 saturated carbocycles. The number of hydrogen-bond donors (Lipinski definition) is 1. The molecule has 0 heterocycles. The molecule has 2 aliphatic carbocycles. The zero-order chi connectivity index (χ0) is 13.0. The van der Waals surface area contributed by atoms with Crippen molar-refractivity contribution in [2.45, 2.75) is 76.2 Å². The summed E-state index contributed by atoms with van der Waals surface area (Å²) in [5.41, 5.74) is 0. The number of rotatable bonds is 4. The first-order valence-corrected chi connectivity index (χ1v) is 7.22. The van der Waals surface area contributed by atoms with Gasteiger partial charge in [0.1, 0.15) is 0 Å². The van der Waals surface area contributed by atoms with Crippen molar-refractivity contribution < 1.29 is 13.6 Å². The Hall–Kier alpha value is -0.670. The van der Waals surface area contributed by atoms with Crippen molar-refractivity contribution in [2.24, 2.45) is 5.92 Å². The molecule has 2 rings (SSSR count). The van der Waals surface area contributed by atoms with Crippen molar-refractivity contribution in [3.05, 3.63) is 0 Å². The smallest absolute Gasteiger partial charge is 0.248 e. The van der Waals surface area contributed by atoms with Crippen LogP contribution in [0.25, 0.3) is 0 Å². The number of halogens is 2. The Morgan fingerprint density at radius 3 is 2.33 bits per heavy atom. The molecule has 0 atom stereocenters. The largest absolute Gasteiger partial charge is 0.353 e. The summed E-state index contributed by atoms with van der Waals surface area (Å²) >= 11 is 0. The summed E-state index contributed by atoms with van der Waals surface area (Å²) < 4.78 is 25.9. The Balaban J connectivity index is 1.62. The number of hydrogen-bond acceptors (Lipinski definition) is 1. The standard InChI is InChI=1S/C14H23F2NO/c15-14(16)9-7-12(8-10-14)17-13(18)6-5-11-3-1-2-4-11/h11-12H,1-10H2,(H,17,18). The highest BCUT2D eigenvalue weighted by molar-refractivity contribution is 5.76. The van der Waals surface area contributed by atoms with Gasteiger partial charge in [-0.05, 0) is 25.2 Å². The van der Waals surface area contributed by atoms with Crippen LogP contribution in [0.1, 0.15) is 64.2 Å². The maximum absolute atomic E-state index is 13.0. The second-order valence-corrected chi connectivity index (χ2v) is 5.89. The first-order chi connectivity index (χ1) is 8.55. The monoisotopic (exact) mass is 259 g/mol. The highest BCUT2D eigenvalue weighted by atomic mass is 19.3. The van der Waals surface area contributed by atoms with Crippen LogP contribution < -0.4 is 5.32 Å². The fraction of sp³-hybridized carbons (Fsp3) is 0.929. The third-order valence-corrected chi connectivity index (χ3v) is 4.34. The number of nitrogens with one attached hydrogen (secondary N) is 1. The molecule has 2 fully saturated rings. The molecule has 0 radical (unpaired) electrons. The van der Waals surface area contributed by atoms with E-state index >= 15 is 0 Å². The van der Waals surface area contributed by atoms with Crippen molar-refractivity contribution in [1.29, 1.82) is 0 Å². The highest BCUT2D eigenvalue weighted by Crippen LogP contribution is 2.33. The van der Waals surface area contributed by atoms with Crippen molar-refractivity contribution in [2.75, 3.05) is 0 Å². The van der Waals surface area contributed by atoms with Crippen LogP contribution in [0, 0.1) is 5.92 Å². The van der Waals surface area contributed by atoms with Gasteiger partial charge in [-0.2, -0.15) is 0 Å². The van der Waals surface area contributed by atoms with E-state index < -0.39 is 5.92 Å². The maximum atomic E-state index is 13.0. The molecule has 0 aromatic heterocycles. The third-order valence-electron chi connectivity index (χ3n) is 4.34. The Labute approximate surface area is 108 Å². The molecule has 104 valence electrons. The van der Waals surface area contributed by atoms with E-state index in [1.165, 1.54) is 25.7 Å². The molecular formula is C14H23F2NO. The minimum absolute atomic E-state index is 0.0271. The lowest BCUT2D eigenvalue weighted by molar-refractivity contribution is -0.123. The molecule has 1 amide bonds. The number of carbonyl (C=O) groups excluding carboxylic acids is 1. The molecule has 0 bridgehead atoms. The van der Waals surface area contributed by atoms with E-state index in [1.54, 1.807) is 0 Å². The molecule has 4 heteroatoms. The average Bonchev–Trinajstić information content (AvgIpc) is 2.82. The zero-order valence-electron chi connectivity index (χ0n) is 10.9. The molecule has 0 aliphatic heterocycles. The van der Waals surface area contributed by atoms with Crippen molar-refractivity contribution in [1.82, 2.24) is 5.32 Å². The fourth-order valence-electron chi connectivity index (χ4n) is 3.12. The summed E-state index contributed by atoms with van der Waals surface area (Å²) in [7, 11) is 0. The lowest BCUT2D eigenvalue weighted by Gasteiger charge is -2.28. The van der Waals surface area contributed by atoms with Crippen LogP contribution in [0.5, 0.6) is 0 Å². The molecule has 2 nitrogen and oxygen atoms in total. The summed E-state index contributed by atoms with van der Waals surface area (Å²) in [5, 5.41) is 2.91. The highest BCUT2D eigenvalue weighted by Gasteiger charge is 2.35. The van der Waals surface area contributed by atoms with Crippen LogP contribution >= 0.6 is 0 Å². The predicted octanol–water partition coefficient (Wildman–Crippen LogP) is 3.65. The predicted molar refractivity (Wildman–Crippen MR) is 66.5 cm³/mol. The number of carbonyl (C=O) groups is 1. The van der Waals surface area contributed by atoms with Gasteiger partial charge in [0.2, 0.25) is 11.8 Å².